The van der Waals surface area contributed by atoms with Gasteiger partial charge in [0.15, 0.2) is 0 Å². The van der Waals surface area contributed by atoms with Crippen LogP contribution in [0.5, 0.6) is 0 Å². The van der Waals surface area contributed by atoms with Crippen molar-refractivity contribution in [3.05, 3.63) is 46.5 Å². The molecule has 1 aromatic carbocycles. The summed E-state index contributed by atoms with van der Waals surface area (Å²) in [5, 5.41) is 0. The van der Waals surface area contributed by atoms with E-state index in [-0.39, 0.29) is 5.41 Å². The van der Waals surface area contributed by atoms with E-state index in [1.165, 1.54) is 36.8 Å². The van der Waals surface area contributed by atoms with E-state index in [2.05, 4.69) is 38.1 Å². The lowest BCUT2D eigenvalue weighted by Gasteiger charge is -2.51. The molecule has 0 amide bonds. The first-order valence-corrected chi connectivity index (χ1v) is 7.51. The van der Waals surface area contributed by atoms with Crippen LogP contribution in [0.2, 0.25) is 0 Å². The van der Waals surface area contributed by atoms with Crippen LogP contribution in [-0.4, -0.2) is 13.2 Å². The lowest BCUT2D eigenvalue weighted by atomic mass is 9.50. The quantitative estimate of drug-likeness (QED) is 0.639. The zero-order valence-corrected chi connectivity index (χ0v) is 12.0. The number of fused-ring (bicyclic) bond motifs is 1. The molecule has 3 aliphatic rings. The summed E-state index contributed by atoms with van der Waals surface area (Å²) in [7, 11) is 0. The van der Waals surface area contributed by atoms with Gasteiger partial charge in [-0.15, -0.1) is 0 Å². The summed E-state index contributed by atoms with van der Waals surface area (Å²) in [4.78, 5) is 0. The summed E-state index contributed by atoms with van der Waals surface area (Å²) in [6.07, 6.45) is 9.70. The summed E-state index contributed by atoms with van der Waals surface area (Å²) in [5.41, 5.74) is 6.87. The number of aryl methyl sites for hydroxylation is 2. The number of ether oxygens (including phenoxy) is 1. The third kappa shape index (κ3) is 1.30. The number of hydrogen-bond donors (Lipinski definition) is 0. The molecule has 0 N–H and O–H groups in total. The van der Waals surface area contributed by atoms with Crippen molar-refractivity contribution < 1.29 is 4.74 Å². The predicted octanol–water partition coefficient (Wildman–Crippen LogP) is 3.85. The standard InChI is InChI=1S/C18H22O/c1-13-5-6-14(2)16-15(13)7-10-17-8-3-4-9-18(16,17)12-19-11-17/h3-6H,7-12H2,1-2H3/t17-,18-/m1/s1. The second-order valence-electron chi connectivity index (χ2n) is 6.79. The van der Waals surface area contributed by atoms with Crippen molar-refractivity contribution in [1.82, 2.24) is 0 Å². The molecule has 1 fully saturated rings. The van der Waals surface area contributed by atoms with Crippen molar-refractivity contribution in [1.29, 1.82) is 0 Å². The normalized spacial score (nSPS) is 35.7. The Kier molecular flexibility index (Phi) is 2.30. The summed E-state index contributed by atoms with van der Waals surface area (Å²) in [6, 6.07) is 4.61. The first-order valence-electron chi connectivity index (χ1n) is 7.51. The van der Waals surface area contributed by atoms with Crippen LogP contribution in [0.1, 0.15) is 41.5 Å². The zero-order chi connectivity index (χ0) is 13.1. The van der Waals surface area contributed by atoms with Gasteiger partial charge in [0, 0.05) is 10.8 Å². The van der Waals surface area contributed by atoms with Gasteiger partial charge in [-0.25, -0.2) is 0 Å². The fourth-order valence-corrected chi connectivity index (χ4v) is 4.91. The fourth-order valence-electron chi connectivity index (χ4n) is 4.91. The summed E-state index contributed by atoms with van der Waals surface area (Å²) >= 11 is 0. The van der Waals surface area contributed by atoms with Gasteiger partial charge in [0.05, 0.1) is 13.2 Å². The molecule has 1 saturated heterocycles. The van der Waals surface area contributed by atoms with E-state index in [0.717, 1.165) is 13.2 Å². The number of benzene rings is 1. The smallest absolute Gasteiger partial charge is 0.0572 e. The molecule has 100 valence electrons. The van der Waals surface area contributed by atoms with Gasteiger partial charge < -0.3 is 4.74 Å². The van der Waals surface area contributed by atoms with E-state index in [4.69, 9.17) is 4.74 Å². The molecule has 0 spiro atoms. The largest absolute Gasteiger partial charge is 0.380 e. The van der Waals surface area contributed by atoms with E-state index in [1.54, 1.807) is 11.1 Å². The Morgan fingerprint density at radius 2 is 1.79 bits per heavy atom. The van der Waals surface area contributed by atoms with Gasteiger partial charge in [-0.2, -0.15) is 0 Å². The lowest BCUT2D eigenvalue weighted by molar-refractivity contribution is 0.125. The molecule has 1 aromatic rings. The Hall–Kier alpha value is -1.08. The molecule has 0 radical (unpaired) electrons. The van der Waals surface area contributed by atoms with E-state index >= 15 is 0 Å². The van der Waals surface area contributed by atoms with Gasteiger partial charge in [0.2, 0.25) is 0 Å². The van der Waals surface area contributed by atoms with Gasteiger partial charge in [-0.1, -0.05) is 24.3 Å². The Labute approximate surface area is 115 Å². The van der Waals surface area contributed by atoms with Gasteiger partial charge in [-0.05, 0) is 61.8 Å². The number of allylic oxidation sites excluding steroid dienone is 2. The molecule has 0 bridgehead atoms. The number of hydrogen-bond acceptors (Lipinski definition) is 1. The van der Waals surface area contributed by atoms with Crippen LogP contribution < -0.4 is 0 Å². The topological polar surface area (TPSA) is 9.23 Å². The highest BCUT2D eigenvalue weighted by atomic mass is 16.5. The van der Waals surface area contributed by atoms with Crippen molar-refractivity contribution in [3.63, 3.8) is 0 Å². The molecule has 19 heavy (non-hydrogen) atoms. The SMILES string of the molecule is Cc1ccc(C)c2c1CC[C@@]13CC=CC[C@@]21COC3. The van der Waals surface area contributed by atoms with E-state index in [1.807, 2.05) is 0 Å². The Balaban J connectivity index is 2.03. The maximum absolute atomic E-state index is 6.03. The van der Waals surface area contributed by atoms with Gasteiger partial charge in [-0.3, -0.25) is 0 Å². The molecule has 0 aromatic heterocycles. The van der Waals surface area contributed by atoms with Crippen LogP contribution >= 0.6 is 0 Å². The number of rotatable bonds is 0. The van der Waals surface area contributed by atoms with Gasteiger partial charge >= 0.3 is 0 Å². The first kappa shape index (κ1) is 11.7. The monoisotopic (exact) mass is 254 g/mol. The Morgan fingerprint density at radius 1 is 1.00 bits per heavy atom. The zero-order valence-electron chi connectivity index (χ0n) is 12.0. The average Bonchev–Trinajstić information content (AvgIpc) is 2.82. The third-order valence-corrected chi connectivity index (χ3v) is 5.97. The molecule has 1 heteroatoms. The predicted molar refractivity (Wildman–Crippen MR) is 77.5 cm³/mol. The minimum Gasteiger partial charge on any atom is -0.380 e. The van der Waals surface area contributed by atoms with Crippen LogP contribution in [0.3, 0.4) is 0 Å². The van der Waals surface area contributed by atoms with Crippen molar-refractivity contribution in [2.45, 2.75) is 44.9 Å². The van der Waals surface area contributed by atoms with Crippen LogP contribution in [0.4, 0.5) is 0 Å². The highest BCUT2D eigenvalue weighted by molar-refractivity contribution is 5.50. The van der Waals surface area contributed by atoms with Crippen molar-refractivity contribution in [2.75, 3.05) is 13.2 Å². The molecular formula is C18H22O. The molecule has 1 heterocycles. The minimum atomic E-state index is 0.269. The van der Waals surface area contributed by atoms with E-state index < -0.39 is 0 Å². The average molecular weight is 254 g/mol. The maximum atomic E-state index is 6.03. The fraction of sp³-hybridized carbons (Fsp3) is 0.556. The van der Waals surface area contributed by atoms with E-state index in [9.17, 15) is 0 Å². The molecular weight excluding hydrogens is 232 g/mol. The molecule has 2 aliphatic carbocycles. The van der Waals surface area contributed by atoms with Crippen molar-refractivity contribution in [3.8, 4) is 0 Å². The highest BCUT2D eigenvalue weighted by Gasteiger charge is 2.59. The van der Waals surface area contributed by atoms with Crippen LogP contribution in [0.15, 0.2) is 24.3 Å². The van der Waals surface area contributed by atoms with Crippen molar-refractivity contribution in [2.24, 2.45) is 5.41 Å². The summed E-state index contributed by atoms with van der Waals surface area (Å²) < 4.78 is 6.03. The summed E-state index contributed by atoms with van der Waals surface area (Å²) in [5.74, 6) is 0. The van der Waals surface area contributed by atoms with Crippen LogP contribution in [0.25, 0.3) is 0 Å². The van der Waals surface area contributed by atoms with E-state index in [0.29, 0.717) is 5.41 Å². The van der Waals surface area contributed by atoms with Gasteiger partial charge in [0.25, 0.3) is 0 Å². The Morgan fingerprint density at radius 3 is 2.68 bits per heavy atom. The molecule has 0 saturated carbocycles. The highest BCUT2D eigenvalue weighted by Crippen LogP contribution is 2.60. The molecule has 2 atom stereocenters. The molecule has 4 rings (SSSR count). The minimum absolute atomic E-state index is 0.269. The molecule has 0 unspecified atom stereocenters. The van der Waals surface area contributed by atoms with Crippen LogP contribution in [0, 0.1) is 19.3 Å². The second kappa shape index (κ2) is 3.73. The summed E-state index contributed by atoms with van der Waals surface area (Å²) in [6.45, 7) is 6.45. The maximum Gasteiger partial charge on any atom is 0.0572 e. The van der Waals surface area contributed by atoms with Crippen molar-refractivity contribution >= 4 is 0 Å². The third-order valence-electron chi connectivity index (χ3n) is 5.97. The second-order valence-corrected chi connectivity index (χ2v) is 6.79. The molecule has 1 aliphatic heterocycles. The Bertz CT molecular complexity index is 571. The lowest BCUT2D eigenvalue weighted by Crippen LogP contribution is -2.50. The van der Waals surface area contributed by atoms with Crippen LogP contribution in [-0.2, 0) is 16.6 Å². The molecule has 1 nitrogen and oxygen atoms in total. The van der Waals surface area contributed by atoms with Gasteiger partial charge in [0.1, 0.15) is 0 Å². The first-order chi connectivity index (χ1) is 9.19.